The van der Waals surface area contributed by atoms with E-state index in [2.05, 4.69) is 27.0 Å². The SMILES string of the molecule is Nc1ccc(-c2ccc3c(c2)CN(C(=O)c2ccc(Br)cc2)CCO3)cn1. The molecule has 0 bridgehead atoms. The third kappa shape index (κ3) is 3.80. The molecule has 5 nitrogen and oxygen atoms in total. The highest BCUT2D eigenvalue weighted by Gasteiger charge is 2.21. The van der Waals surface area contributed by atoms with Gasteiger partial charge in [0.2, 0.25) is 0 Å². The average Bonchev–Trinajstić information content (AvgIpc) is 2.90. The van der Waals surface area contributed by atoms with Crippen molar-refractivity contribution in [1.29, 1.82) is 0 Å². The Morgan fingerprint density at radius 1 is 1.07 bits per heavy atom. The number of hydrogen-bond donors (Lipinski definition) is 1. The summed E-state index contributed by atoms with van der Waals surface area (Å²) in [6, 6.07) is 17.1. The molecule has 1 amide bonds. The van der Waals surface area contributed by atoms with Gasteiger partial charge in [-0.25, -0.2) is 4.98 Å². The Morgan fingerprint density at radius 2 is 1.85 bits per heavy atom. The Balaban J connectivity index is 1.62. The van der Waals surface area contributed by atoms with E-state index in [0.717, 1.165) is 26.9 Å². The predicted octanol–water partition coefficient (Wildman–Crippen LogP) is 4.13. The lowest BCUT2D eigenvalue weighted by atomic mass is 10.0. The maximum atomic E-state index is 12.9. The minimum Gasteiger partial charge on any atom is -0.491 e. The zero-order valence-corrected chi connectivity index (χ0v) is 16.1. The van der Waals surface area contributed by atoms with Crippen LogP contribution in [0.1, 0.15) is 15.9 Å². The third-order valence-corrected chi connectivity index (χ3v) is 5.07. The van der Waals surface area contributed by atoms with Crippen LogP contribution < -0.4 is 10.5 Å². The van der Waals surface area contributed by atoms with E-state index in [1.807, 2.05) is 47.4 Å². The Bertz CT molecular complexity index is 972. The van der Waals surface area contributed by atoms with Gasteiger partial charge in [0.25, 0.3) is 5.91 Å². The van der Waals surface area contributed by atoms with E-state index in [9.17, 15) is 4.79 Å². The molecular formula is C21H18BrN3O2. The summed E-state index contributed by atoms with van der Waals surface area (Å²) in [7, 11) is 0. The van der Waals surface area contributed by atoms with Gasteiger partial charge in [0.1, 0.15) is 18.2 Å². The topological polar surface area (TPSA) is 68.5 Å². The summed E-state index contributed by atoms with van der Waals surface area (Å²) in [5, 5.41) is 0. The van der Waals surface area contributed by atoms with Crippen molar-refractivity contribution in [3.8, 4) is 16.9 Å². The van der Waals surface area contributed by atoms with E-state index in [-0.39, 0.29) is 5.91 Å². The van der Waals surface area contributed by atoms with Crippen LogP contribution in [0, 0.1) is 0 Å². The third-order valence-electron chi connectivity index (χ3n) is 4.54. The van der Waals surface area contributed by atoms with Crippen molar-refractivity contribution in [3.05, 3.63) is 76.4 Å². The van der Waals surface area contributed by atoms with Gasteiger partial charge in [0.05, 0.1) is 6.54 Å². The van der Waals surface area contributed by atoms with Crippen molar-refractivity contribution < 1.29 is 9.53 Å². The van der Waals surface area contributed by atoms with Gasteiger partial charge < -0.3 is 15.4 Å². The Morgan fingerprint density at radius 3 is 2.59 bits per heavy atom. The normalized spacial score (nSPS) is 13.4. The highest BCUT2D eigenvalue weighted by Crippen LogP contribution is 2.29. The molecule has 136 valence electrons. The molecule has 2 aromatic carbocycles. The molecule has 2 heterocycles. The molecule has 27 heavy (non-hydrogen) atoms. The Kier molecular flexibility index (Phi) is 4.81. The number of halogens is 1. The van der Waals surface area contributed by atoms with Crippen LogP contribution in [0.25, 0.3) is 11.1 Å². The number of aromatic nitrogens is 1. The monoisotopic (exact) mass is 423 g/mol. The van der Waals surface area contributed by atoms with E-state index in [1.165, 1.54) is 0 Å². The van der Waals surface area contributed by atoms with Crippen molar-refractivity contribution in [2.75, 3.05) is 18.9 Å². The first-order chi connectivity index (χ1) is 13.1. The number of ether oxygens (including phenoxy) is 1. The minimum atomic E-state index is -0.00138. The molecule has 0 radical (unpaired) electrons. The average molecular weight is 424 g/mol. The minimum absolute atomic E-state index is 0.00138. The molecule has 0 atom stereocenters. The van der Waals surface area contributed by atoms with Crippen molar-refractivity contribution in [3.63, 3.8) is 0 Å². The molecule has 6 heteroatoms. The Hall–Kier alpha value is -2.86. The molecule has 0 fully saturated rings. The number of amides is 1. The lowest BCUT2D eigenvalue weighted by Crippen LogP contribution is -2.32. The van der Waals surface area contributed by atoms with Crippen LogP contribution in [-0.4, -0.2) is 28.9 Å². The summed E-state index contributed by atoms with van der Waals surface area (Å²) in [5.41, 5.74) is 9.31. The molecular weight excluding hydrogens is 406 g/mol. The molecule has 1 aromatic heterocycles. The second-order valence-electron chi connectivity index (χ2n) is 6.38. The van der Waals surface area contributed by atoms with Crippen molar-refractivity contribution in [2.24, 2.45) is 0 Å². The van der Waals surface area contributed by atoms with Crippen LogP contribution in [-0.2, 0) is 6.54 Å². The lowest BCUT2D eigenvalue weighted by molar-refractivity contribution is 0.0733. The number of carbonyl (C=O) groups excluding carboxylic acids is 1. The van der Waals surface area contributed by atoms with Crippen molar-refractivity contribution in [2.45, 2.75) is 6.54 Å². The second kappa shape index (κ2) is 7.40. The molecule has 2 N–H and O–H groups in total. The van der Waals surface area contributed by atoms with Gasteiger partial charge in [-0.15, -0.1) is 0 Å². The highest BCUT2D eigenvalue weighted by atomic mass is 79.9. The molecule has 0 spiro atoms. The van der Waals surface area contributed by atoms with Crippen LogP contribution in [0.15, 0.2) is 65.3 Å². The first-order valence-corrected chi connectivity index (χ1v) is 9.42. The fraction of sp³-hybridized carbons (Fsp3) is 0.143. The van der Waals surface area contributed by atoms with Crippen LogP contribution in [0.2, 0.25) is 0 Å². The number of carbonyl (C=O) groups is 1. The smallest absolute Gasteiger partial charge is 0.254 e. The number of fused-ring (bicyclic) bond motifs is 1. The van der Waals surface area contributed by atoms with Crippen molar-refractivity contribution in [1.82, 2.24) is 9.88 Å². The van der Waals surface area contributed by atoms with Gasteiger partial charge in [-0.3, -0.25) is 4.79 Å². The number of nitrogens with two attached hydrogens (primary N) is 1. The molecule has 3 aromatic rings. The van der Waals surface area contributed by atoms with E-state index in [4.69, 9.17) is 10.5 Å². The summed E-state index contributed by atoms with van der Waals surface area (Å²) in [4.78, 5) is 18.9. The number of nitrogen functional groups attached to an aromatic ring is 1. The quantitative estimate of drug-likeness (QED) is 0.672. The standard InChI is InChI=1S/C21H18BrN3O2/c22-18-5-1-14(2-6-18)21(26)25-9-10-27-19-7-3-15(11-17(19)13-25)16-4-8-20(23)24-12-16/h1-8,11-12H,9-10,13H2,(H2,23,24). The van der Waals surface area contributed by atoms with Gasteiger partial charge in [-0.1, -0.05) is 22.0 Å². The number of nitrogens with zero attached hydrogens (tertiary/aromatic N) is 2. The number of pyridine rings is 1. The fourth-order valence-corrected chi connectivity index (χ4v) is 3.36. The number of hydrogen-bond acceptors (Lipinski definition) is 4. The van der Waals surface area contributed by atoms with Crippen LogP contribution in [0.5, 0.6) is 5.75 Å². The molecule has 1 aliphatic rings. The molecule has 0 saturated heterocycles. The molecule has 0 saturated carbocycles. The zero-order chi connectivity index (χ0) is 18.8. The van der Waals surface area contributed by atoms with Crippen LogP contribution in [0.3, 0.4) is 0 Å². The van der Waals surface area contributed by atoms with Gasteiger partial charge in [0, 0.05) is 33.9 Å². The number of rotatable bonds is 2. The molecule has 0 unspecified atom stereocenters. The highest BCUT2D eigenvalue weighted by molar-refractivity contribution is 9.10. The van der Waals surface area contributed by atoms with Gasteiger partial charge in [-0.05, 0) is 54.1 Å². The number of benzene rings is 2. The van der Waals surface area contributed by atoms with E-state index >= 15 is 0 Å². The van der Waals surface area contributed by atoms with Crippen LogP contribution >= 0.6 is 15.9 Å². The van der Waals surface area contributed by atoms with E-state index < -0.39 is 0 Å². The van der Waals surface area contributed by atoms with Crippen LogP contribution in [0.4, 0.5) is 5.82 Å². The summed E-state index contributed by atoms with van der Waals surface area (Å²) in [6.07, 6.45) is 1.75. The van der Waals surface area contributed by atoms with E-state index in [1.54, 1.807) is 12.3 Å². The van der Waals surface area contributed by atoms with Gasteiger partial charge in [-0.2, -0.15) is 0 Å². The number of anilines is 1. The summed E-state index contributed by atoms with van der Waals surface area (Å²) in [6.45, 7) is 1.51. The summed E-state index contributed by atoms with van der Waals surface area (Å²) < 4.78 is 6.81. The zero-order valence-electron chi connectivity index (χ0n) is 14.6. The first-order valence-electron chi connectivity index (χ1n) is 8.62. The maximum Gasteiger partial charge on any atom is 0.254 e. The molecule has 0 aliphatic carbocycles. The van der Waals surface area contributed by atoms with Gasteiger partial charge >= 0.3 is 0 Å². The largest absolute Gasteiger partial charge is 0.491 e. The first kappa shape index (κ1) is 17.5. The fourth-order valence-electron chi connectivity index (χ4n) is 3.10. The second-order valence-corrected chi connectivity index (χ2v) is 7.29. The van der Waals surface area contributed by atoms with Crippen molar-refractivity contribution >= 4 is 27.7 Å². The Labute approximate surface area is 165 Å². The van der Waals surface area contributed by atoms with Gasteiger partial charge in [0.15, 0.2) is 0 Å². The van der Waals surface area contributed by atoms with E-state index in [0.29, 0.717) is 31.1 Å². The predicted molar refractivity (Wildman–Crippen MR) is 108 cm³/mol. The lowest BCUT2D eigenvalue weighted by Gasteiger charge is -2.20. The maximum absolute atomic E-state index is 12.9. The summed E-state index contributed by atoms with van der Waals surface area (Å²) >= 11 is 3.40. The molecule has 1 aliphatic heterocycles. The molecule has 4 rings (SSSR count). The summed E-state index contributed by atoms with van der Waals surface area (Å²) in [5.74, 6) is 1.30.